The molecule has 0 aromatic heterocycles. The molecule has 0 saturated carbocycles. The van der Waals surface area contributed by atoms with Gasteiger partial charge in [-0.15, -0.1) is 0 Å². The summed E-state index contributed by atoms with van der Waals surface area (Å²) in [4.78, 5) is 23.0. The minimum Gasteiger partial charge on any atom is -0.507 e. The zero-order valence-corrected chi connectivity index (χ0v) is 10.2. The Labute approximate surface area is 99.0 Å². The van der Waals surface area contributed by atoms with Gasteiger partial charge in [-0.2, -0.15) is 0 Å². The first-order valence-electron chi connectivity index (χ1n) is 4.93. The van der Waals surface area contributed by atoms with E-state index < -0.39 is 11.9 Å². The first kappa shape index (κ1) is 13.0. The van der Waals surface area contributed by atoms with Crippen molar-refractivity contribution in [1.82, 2.24) is 0 Å². The van der Waals surface area contributed by atoms with Crippen LogP contribution in [0, 0.1) is 13.8 Å². The number of hydrogen-bond donors (Lipinski definition) is 1. The molecule has 0 aliphatic heterocycles. The van der Waals surface area contributed by atoms with Crippen LogP contribution in [0.1, 0.15) is 31.8 Å². The normalized spacial score (nSPS) is 9.88. The third kappa shape index (κ3) is 2.22. The molecule has 5 nitrogen and oxygen atoms in total. The van der Waals surface area contributed by atoms with Gasteiger partial charge in [-0.3, -0.25) is 0 Å². The van der Waals surface area contributed by atoms with E-state index in [1.165, 1.54) is 20.3 Å². The molecule has 0 aliphatic rings. The lowest BCUT2D eigenvalue weighted by atomic mass is 9.97. The monoisotopic (exact) mass is 238 g/mol. The molecule has 0 heterocycles. The highest BCUT2D eigenvalue weighted by molar-refractivity contribution is 6.00. The summed E-state index contributed by atoms with van der Waals surface area (Å²) in [5.41, 5.74) is 0.985. The smallest absolute Gasteiger partial charge is 0.341 e. The zero-order chi connectivity index (χ0) is 13.2. The van der Waals surface area contributed by atoms with Crippen LogP contribution >= 0.6 is 0 Å². The topological polar surface area (TPSA) is 72.8 Å². The number of benzene rings is 1. The van der Waals surface area contributed by atoms with Gasteiger partial charge in [0, 0.05) is 0 Å². The molecule has 1 rings (SSSR count). The number of phenolic OH excluding ortho intramolecular Hbond substituents is 1. The predicted octanol–water partition coefficient (Wildman–Crippen LogP) is 1.58. The Bertz CT molecular complexity index is 476. The molecule has 0 atom stereocenters. The number of methoxy groups -OCH3 is 2. The summed E-state index contributed by atoms with van der Waals surface area (Å²) in [5, 5.41) is 9.81. The number of esters is 2. The zero-order valence-electron chi connectivity index (χ0n) is 10.2. The Balaban J connectivity index is 3.53. The van der Waals surface area contributed by atoms with E-state index in [4.69, 9.17) is 0 Å². The van der Waals surface area contributed by atoms with Crippen LogP contribution in [0.25, 0.3) is 0 Å². The van der Waals surface area contributed by atoms with Crippen LogP contribution in [-0.4, -0.2) is 31.3 Å². The minimum atomic E-state index is -0.686. The van der Waals surface area contributed by atoms with E-state index in [0.717, 1.165) is 0 Å². The van der Waals surface area contributed by atoms with Gasteiger partial charge in [0.1, 0.15) is 11.3 Å². The van der Waals surface area contributed by atoms with Crippen LogP contribution in [0.5, 0.6) is 5.75 Å². The highest BCUT2D eigenvalue weighted by atomic mass is 16.5. The molecule has 1 N–H and O–H groups in total. The van der Waals surface area contributed by atoms with Crippen molar-refractivity contribution in [1.29, 1.82) is 0 Å². The van der Waals surface area contributed by atoms with Gasteiger partial charge in [-0.1, -0.05) is 0 Å². The lowest BCUT2D eigenvalue weighted by molar-refractivity contribution is 0.0595. The second-order valence-electron chi connectivity index (χ2n) is 3.57. The SMILES string of the molecule is COC(=O)c1cc(C)c(O)c(C(=O)OC)c1C. The molecule has 17 heavy (non-hydrogen) atoms. The van der Waals surface area contributed by atoms with Gasteiger partial charge in [0.2, 0.25) is 0 Å². The van der Waals surface area contributed by atoms with Crippen molar-refractivity contribution in [3.8, 4) is 5.75 Å². The van der Waals surface area contributed by atoms with Crippen molar-refractivity contribution in [2.75, 3.05) is 14.2 Å². The fourth-order valence-corrected chi connectivity index (χ4v) is 1.58. The van der Waals surface area contributed by atoms with Crippen LogP contribution in [-0.2, 0) is 9.47 Å². The summed E-state index contributed by atoms with van der Waals surface area (Å²) in [7, 11) is 2.46. The third-order valence-corrected chi connectivity index (χ3v) is 2.55. The number of aromatic hydroxyl groups is 1. The van der Waals surface area contributed by atoms with Gasteiger partial charge >= 0.3 is 11.9 Å². The minimum absolute atomic E-state index is 0.00657. The maximum absolute atomic E-state index is 11.5. The van der Waals surface area contributed by atoms with Crippen molar-refractivity contribution in [2.24, 2.45) is 0 Å². The molecule has 1 aromatic carbocycles. The van der Waals surface area contributed by atoms with E-state index in [0.29, 0.717) is 11.1 Å². The average Bonchev–Trinajstić information content (AvgIpc) is 2.32. The van der Waals surface area contributed by atoms with Crippen LogP contribution in [0.15, 0.2) is 6.07 Å². The molecule has 0 bridgehead atoms. The van der Waals surface area contributed by atoms with Crippen LogP contribution in [0.3, 0.4) is 0 Å². The number of phenols is 1. The number of rotatable bonds is 2. The summed E-state index contributed by atoms with van der Waals surface area (Å²) in [6.45, 7) is 3.14. The van der Waals surface area contributed by atoms with E-state index in [2.05, 4.69) is 9.47 Å². The Morgan fingerprint density at radius 3 is 2.12 bits per heavy atom. The van der Waals surface area contributed by atoms with Crippen molar-refractivity contribution in [3.05, 3.63) is 28.3 Å². The van der Waals surface area contributed by atoms with Crippen LogP contribution in [0.2, 0.25) is 0 Å². The number of carbonyl (C=O) groups excluding carboxylic acids is 2. The highest BCUT2D eigenvalue weighted by Crippen LogP contribution is 2.29. The van der Waals surface area contributed by atoms with Crippen molar-refractivity contribution >= 4 is 11.9 Å². The summed E-state index contributed by atoms with van der Waals surface area (Å²) in [6.07, 6.45) is 0. The average molecular weight is 238 g/mol. The second-order valence-corrected chi connectivity index (χ2v) is 3.57. The quantitative estimate of drug-likeness (QED) is 0.792. The van der Waals surface area contributed by atoms with Gasteiger partial charge in [-0.25, -0.2) is 9.59 Å². The Hall–Kier alpha value is -2.04. The van der Waals surface area contributed by atoms with E-state index in [-0.39, 0.29) is 16.9 Å². The Morgan fingerprint density at radius 2 is 1.65 bits per heavy atom. The standard InChI is InChI=1S/C12H14O5/c1-6-5-8(11(14)16-3)7(2)9(10(6)13)12(15)17-4/h5,13H,1-4H3. The largest absolute Gasteiger partial charge is 0.507 e. The summed E-state index contributed by atoms with van der Waals surface area (Å²) < 4.78 is 9.18. The number of aryl methyl sites for hydroxylation is 1. The molecule has 0 saturated heterocycles. The molecule has 92 valence electrons. The van der Waals surface area contributed by atoms with E-state index in [1.54, 1.807) is 13.8 Å². The molecule has 0 unspecified atom stereocenters. The summed E-state index contributed by atoms with van der Waals surface area (Å²) in [6, 6.07) is 1.48. The molecule has 0 radical (unpaired) electrons. The molecule has 5 heteroatoms. The molecule has 1 aromatic rings. The number of hydrogen-bond acceptors (Lipinski definition) is 5. The van der Waals surface area contributed by atoms with Crippen molar-refractivity contribution < 1.29 is 24.2 Å². The van der Waals surface area contributed by atoms with Gasteiger partial charge in [0.05, 0.1) is 19.8 Å². The first-order chi connectivity index (χ1) is 7.93. The fraction of sp³-hybridized carbons (Fsp3) is 0.333. The van der Waals surface area contributed by atoms with Gasteiger partial charge < -0.3 is 14.6 Å². The maximum atomic E-state index is 11.5. The molecular formula is C12H14O5. The highest BCUT2D eigenvalue weighted by Gasteiger charge is 2.22. The van der Waals surface area contributed by atoms with Gasteiger partial charge in [0.25, 0.3) is 0 Å². The van der Waals surface area contributed by atoms with E-state index in [9.17, 15) is 14.7 Å². The summed E-state index contributed by atoms with van der Waals surface area (Å²) in [5.74, 6) is -1.42. The van der Waals surface area contributed by atoms with Crippen molar-refractivity contribution in [2.45, 2.75) is 13.8 Å². The predicted molar refractivity (Wildman–Crippen MR) is 60.3 cm³/mol. The molecule has 0 fully saturated rings. The Kier molecular flexibility index (Phi) is 3.73. The Morgan fingerprint density at radius 1 is 1.12 bits per heavy atom. The first-order valence-corrected chi connectivity index (χ1v) is 4.93. The molecular weight excluding hydrogens is 224 g/mol. The van der Waals surface area contributed by atoms with E-state index >= 15 is 0 Å². The lowest BCUT2D eigenvalue weighted by Crippen LogP contribution is -2.11. The number of ether oxygens (including phenoxy) is 2. The third-order valence-electron chi connectivity index (χ3n) is 2.55. The van der Waals surface area contributed by atoms with Gasteiger partial charge in [0.15, 0.2) is 0 Å². The summed E-state index contributed by atoms with van der Waals surface area (Å²) >= 11 is 0. The fourth-order valence-electron chi connectivity index (χ4n) is 1.58. The van der Waals surface area contributed by atoms with Gasteiger partial charge in [-0.05, 0) is 31.0 Å². The molecule has 0 aliphatic carbocycles. The van der Waals surface area contributed by atoms with E-state index in [1.807, 2.05) is 0 Å². The van der Waals surface area contributed by atoms with Crippen LogP contribution < -0.4 is 0 Å². The lowest BCUT2D eigenvalue weighted by Gasteiger charge is -2.12. The maximum Gasteiger partial charge on any atom is 0.341 e. The molecule has 0 spiro atoms. The molecule has 0 amide bonds. The van der Waals surface area contributed by atoms with Crippen LogP contribution in [0.4, 0.5) is 0 Å². The number of carbonyl (C=O) groups is 2. The van der Waals surface area contributed by atoms with Crippen molar-refractivity contribution in [3.63, 3.8) is 0 Å². The second kappa shape index (κ2) is 4.86.